The molecule has 0 saturated carbocycles. The molecule has 0 heterocycles. The van der Waals surface area contributed by atoms with E-state index in [4.69, 9.17) is 5.26 Å². The third-order valence-electron chi connectivity index (χ3n) is 1.72. The maximum absolute atomic E-state index is 13.2. The Balaban J connectivity index is 3.52. The van der Waals surface area contributed by atoms with Crippen molar-refractivity contribution < 1.29 is 4.39 Å². The van der Waals surface area contributed by atoms with Gasteiger partial charge in [-0.15, -0.1) is 0 Å². The van der Waals surface area contributed by atoms with E-state index in [1.807, 2.05) is 13.0 Å². The van der Waals surface area contributed by atoms with E-state index in [9.17, 15) is 4.39 Å². The molecule has 1 nitrogen and oxygen atoms in total. The Morgan fingerprint density at radius 3 is 2.58 bits per heavy atom. The molecule has 12 heavy (non-hydrogen) atoms. The highest BCUT2D eigenvalue weighted by Gasteiger charge is 2.10. The van der Waals surface area contributed by atoms with Gasteiger partial charge in [0.25, 0.3) is 0 Å². The molecular weight excluding hydrogens is 221 g/mol. The van der Waals surface area contributed by atoms with Crippen molar-refractivity contribution in [1.29, 1.82) is 5.26 Å². The molecule has 0 saturated heterocycles. The standard InChI is InChI=1S/C9H7BrFN/c1-5-3-7(4-12)9(11)6(2)8(5)10/h3H,1-2H3. The number of halogens is 2. The van der Waals surface area contributed by atoms with E-state index >= 15 is 0 Å². The fourth-order valence-electron chi connectivity index (χ4n) is 1.02. The van der Waals surface area contributed by atoms with Gasteiger partial charge in [0, 0.05) is 10.0 Å². The van der Waals surface area contributed by atoms with E-state index in [2.05, 4.69) is 15.9 Å². The zero-order valence-electron chi connectivity index (χ0n) is 6.78. The van der Waals surface area contributed by atoms with Gasteiger partial charge in [0.2, 0.25) is 0 Å². The van der Waals surface area contributed by atoms with Crippen LogP contribution in [0.25, 0.3) is 0 Å². The predicted octanol–water partition coefficient (Wildman–Crippen LogP) is 3.08. The summed E-state index contributed by atoms with van der Waals surface area (Å²) in [4.78, 5) is 0. The van der Waals surface area contributed by atoms with Gasteiger partial charge in [-0.3, -0.25) is 0 Å². The van der Waals surface area contributed by atoms with Crippen LogP contribution in [-0.2, 0) is 0 Å². The summed E-state index contributed by atoms with van der Waals surface area (Å²) in [7, 11) is 0. The largest absolute Gasteiger partial charge is 0.205 e. The number of hydrogen-bond donors (Lipinski definition) is 0. The Morgan fingerprint density at radius 2 is 2.08 bits per heavy atom. The summed E-state index contributed by atoms with van der Waals surface area (Å²) in [5.74, 6) is -0.435. The molecule has 0 atom stereocenters. The maximum atomic E-state index is 13.2. The summed E-state index contributed by atoms with van der Waals surface area (Å²) in [5.41, 5.74) is 1.48. The van der Waals surface area contributed by atoms with Crippen LogP contribution < -0.4 is 0 Å². The number of aryl methyl sites for hydroxylation is 1. The zero-order chi connectivity index (χ0) is 9.30. The van der Waals surface area contributed by atoms with E-state index in [-0.39, 0.29) is 5.56 Å². The highest BCUT2D eigenvalue weighted by atomic mass is 79.9. The summed E-state index contributed by atoms with van der Waals surface area (Å²) < 4.78 is 13.9. The molecule has 0 aromatic heterocycles. The summed E-state index contributed by atoms with van der Waals surface area (Å²) in [6, 6.07) is 3.34. The molecule has 0 fully saturated rings. The van der Waals surface area contributed by atoms with Gasteiger partial charge in [-0.05, 0) is 25.5 Å². The lowest BCUT2D eigenvalue weighted by Gasteiger charge is -2.04. The van der Waals surface area contributed by atoms with Crippen molar-refractivity contribution >= 4 is 15.9 Å². The lowest BCUT2D eigenvalue weighted by Crippen LogP contribution is -1.92. The lowest BCUT2D eigenvalue weighted by atomic mass is 10.1. The van der Waals surface area contributed by atoms with E-state index in [0.717, 1.165) is 10.0 Å². The molecule has 3 heteroatoms. The van der Waals surface area contributed by atoms with Crippen LogP contribution in [-0.4, -0.2) is 0 Å². The van der Waals surface area contributed by atoms with Crippen LogP contribution in [0, 0.1) is 31.0 Å². The molecule has 0 aliphatic carbocycles. The SMILES string of the molecule is Cc1cc(C#N)c(F)c(C)c1Br. The van der Waals surface area contributed by atoms with Crippen molar-refractivity contribution in [2.75, 3.05) is 0 Å². The second-order valence-corrected chi connectivity index (χ2v) is 3.40. The highest BCUT2D eigenvalue weighted by molar-refractivity contribution is 9.10. The van der Waals surface area contributed by atoms with Crippen molar-refractivity contribution in [2.45, 2.75) is 13.8 Å². The first-order chi connectivity index (χ1) is 5.57. The fraction of sp³-hybridized carbons (Fsp3) is 0.222. The topological polar surface area (TPSA) is 23.8 Å². The van der Waals surface area contributed by atoms with E-state index in [1.165, 1.54) is 6.07 Å². The van der Waals surface area contributed by atoms with Crippen molar-refractivity contribution in [3.63, 3.8) is 0 Å². The van der Waals surface area contributed by atoms with Crippen molar-refractivity contribution in [1.82, 2.24) is 0 Å². The smallest absolute Gasteiger partial charge is 0.144 e. The molecule has 0 aliphatic heterocycles. The molecule has 1 aromatic rings. The molecule has 0 unspecified atom stereocenters. The van der Waals surface area contributed by atoms with Crippen LogP contribution in [0.1, 0.15) is 16.7 Å². The number of hydrogen-bond acceptors (Lipinski definition) is 1. The van der Waals surface area contributed by atoms with Crippen LogP contribution in [0.15, 0.2) is 10.5 Å². The van der Waals surface area contributed by atoms with Crippen molar-refractivity contribution in [2.24, 2.45) is 0 Å². The Bertz CT molecular complexity index is 366. The third-order valence-corrected chi connectivity index (χ3v) is 2.94. The Hall–Kier alpha value is -0.880. The molecule has 62 valence electrons. The molecule has 0 radical (unpaired) electrons. The molecule has 0 N–H and O–H groups in total. The summed E-state index contributed by atoms with van der Waals surface area (Å²) in [6.45, 7) is 3.48. The minimum absolute atomic E-state index is 0.105. The predicted molar refractivity (Wildman–Crippen MR) is 48.3 cm³/mol. The van der Waals surface area contributed by atoms with Crippen molar-refractivity contribution in [3.8, 4) is 6.07 Å². The van der Waals surface area contributed by atoms with Crippen LogP contribution in [0.4, 0.5) is 4.39 Å². The minimum Gasteiger partial charge on any atom is -0.205 e. The zero-order valence-corrected chi connectivity index (χ0v) is 8.37. The maximum Gasteiger partial charge on any atom is 0.144 e. The first kappa shape index (κ1) is 9.21. The Kier molecular flexibility index (Phi) is 2.49. The average molecular weight is 228 g/mol. The van der Waals surface area contributed by atoms with Gasteiger partial charge in [0.1, 0.15) is 11.9 Å². The van der Waals surface area contributed by atoms with Gasteiger partial charge < -0.3 is 0 Å². The van der Waals surface area contributed by atoms with Gasteiger partial charge in [-0.1, -0.05) is 15.9 Å². The fourth-order valence-corrected chi connectivity index (χ4v) is 1.31. The molecule has 0 spiro atoms. The first-order valence-electron chi connectivity index (χ1n) is 3.43. The second-order valence-electron chi connectivity index (χ2n) is 2.61. The number of nitrogens with zero attached hydrogens (tertiary/aromatic N) is 1. The monoisotopic (exact) mass is 227 g/mol. The van der Waals surface area contributed by atoms with E-state index in [1.54, 1.807) is 6.92 Å². The number of nitriles is 1. The van der Waals surface area contributed by atoms with E-state index < -0.39 is 5.82 Å². The number of rotatable bonds is 0. The quantitative estimate of drug-likeness (QED) is 0.669. The van der Waals surface area contributed by atoms with Crippen LogP contribution in [0.5, 0.6) is 0 Å². The van der Waals surface area contributed by atoms with Crippen molar-refractivity contribution in [3.05, 3.63) is 33.0 Å². The molecule has 0 amide bonds. The normalized spacial score (nSPS) is 9.58. The van der Waals surface area contributed by atoms with Gasteiger partial charge in [-0.25, -0.2) is 4.39 Å². The molecule has 1 rings (SSSR count). The third kappa shape index (κ3) is 1.35. The highest BCUT2D eigenvalue weighted by Crippen LogP contribution is 2.25. The Morgan fingerprint density at radius 1 is 1.50 bits per heavy atom. The Labute approximate surface area is 79.0 Å². The molecule has 0 bridgehead atoms. The summed E-state index contributed by atoms with van der Waals surface area (Å²) in [5, 5.41) is 8.55. The second kappa shape index (κ2) is 3.24. The first-order valence-corrected chi connectivity index (χ1v) is 4.22. The average Bonchev–Trinajstić information content (AvgIpc) is 2.08. The van der Waals surface area contributed by atoms with Crippen LogP contribution in [0.3, 0.4) is 0 Å². The lowest BCUT2D eigenvalue weighted by molar-refractivity contribution is 0.613. The van der Waals surface area contributed by atoms with Crippen LogP contribution >= 0.6 is 15.9 Å². The minimum atomic E-state index is -0.435. The summed E-state index contributed by atoms with van der Waals surface area (Å²) in [6.07, 6.45) is 0. The molecule has 1 aromatic carbocycles. The summed E-state index contributed by atoms with van der Waals surface area (Å²) >= 11 is 3.24. The molecule has 0 aliphatic rings. The van der Waals surface area contributed by atoms with Gasteiger partial charge >= 0.3 is 0 Å². The number of benzene rings is 1. The molecular formula is C9H7BrFN. The van der Waals surface area contributed by atoms with Gasteiger partial charge in [0.05, 0.1) is 5.56 Å². The van der Waals surface area contributed by atoms with E-state index in [0.29, 0.717) is 5.56 Å². The van der Waals surface area contributed by atoms with Crippen LogP contribution in [0.2, 0.25) is 0 Å². The van der Waals surface area contributed by atoms with Gasteiger partial charge in [-0.2, -0.15) is 5.26 Å². The van der Waals surface area contributed by atoms with Gasteiger partial charge in [0.15, 0.2) is 0 Å².